The van der Waals surface area contributed by atoms with Gasteiger partial charge in [-0.25, -0.2) is 4.98 Å². The molecule has 1 aliphatic rings. The average molecular weight is 296 g/mol. The summed E-state index contributed by atoms with van der Waals surface area (Å²) in [6.45, 7) is 2.23. The van der Waals surface area contributed by atoms with Gasteiger partial charge in [0.2, 0.25) is 5.82 Å². The van der Waals surface area contributed by atoms with Gasteiger partial charge in [0.15, 0.2) is 0 Å². The molecule has 0 bridgehead atoms. The van der Waals surface area contributed by atoms with Crippen LogP contribution in [-0.2, 0) is 4.74 Å². The van der Waals surface area contributed by atoms with E-state index in [9.17, 15) is 10.1 Å². The number of anilines is 1. The Bertz CT molecular complexity index is 503. The van der Waals surface area contributed by atoms with Gasteiger partial charge in [0.25, 0.3) is 5.88 Å². The summed E-state index contributed by atoms with van der Waals surface area (Å²) >= 11 is 0. The molecule has 21 heavy (non-hydrogen) atoms. The SMILES string of the molecule is COCCOc1nc(C)nc(NC2CCCC2)c1[N+](=O)[O-]. The number of methoxy groups -OCH3 is 1. The molecule has 0 amide bonds. The summed E-state index contributed by atoms with van der Waals surface area (Å²) in [7, 11) is 1.54. The van der Waals surface area contributed by atoms with Gasteiger partial charge in [-0.15, -0.1) is 0 Å². The van der Waals surface area contributed by atoms with Gasteiger partial charge in [-0.2, -0.15) is 4.98 Å². The van der Waals surface area contributed by atoms with Crippen LogP contribution in [0.15, 0.2) is 0 Å². The smallest absolute Gasteiger partial charge is 0.372 e. The highest BCUT2D eigenvalue weighted by Crippen LogP contribution is 2.33. The first kappa shape index (κ1) is 15.4. The van der Waals surface area contributed by atoms with Crippen LogP contribution in [0.3, 0.4) is 0 Å². The number of aryl methyl sites for hydroxylation is 1. The summed E-state index contributed by atoms with van der Waals surface area (Å²) in [6, 6.07) is 0.227. The van der Waals surface area contributed by atoms with Crippen molar-refractivity contribution >= 4 is 11.5 Å². The van der Waals surface area contributed by atoms with Gasteiger partial charge in [0, 0.05) is 13.2 Å². The van der Waals surface area contributed by atoms with Gasteiger partial charge < -0.3 is 14.8 Å². The lowest BCUT2D eigenvalue weighted by molar-refractivity contribution is -0.385. The molecule has 0 unspecified atom stereocenters. The fraction of sp³-hybridized carbons (Fsp3) is 0.692. The number of nitro groups is 1. The maximum atomic E-state index is 11.3. The van der Waals surface area contributed by atoms with E-state index < -0.39 is 4.92 Å². The first-order chi connectivity index (χ1) is 10.1. The van der Waals surface area contributed by atoms with Crippen molar-refractivity contribution in [3.8, 4) is 5.88 Å². The molecule has 2 rings (SSSR count). The molecule has 116 valence electrons. The number of aromatic nitrogens is 2. The standard InChI is InChI=1S/C13H20N4O4/c1-9-14-12(16-10-5-3-4-6-10)11(17(18)19)13(15-9)21-8-7-20-2/h10H,3-8H2,1-2H3,(H,14,15,16). The molecular formula is C13H20N4O4. The minimum absolute atomic E-state index is 0.00922. The molecule has 1 aromatic heterocycles. The van der Waals surface area contributed by atoms with Crippen LogP contribution in [0.4, 0.5) is 11.5 Å². The van der Waals surface area contributed by atoms with E-state index in [-0.39, 0.29) is 30.0 Å². The lowest BCUT2D eigenvalue weighted by Crippen LogP contribution is -2.18. The van der Waals surface area contributed by atoms with Gasteiger partial charge in [-0.1, -0.05) is 12.8 Å². The van der Waals surface area contributed by atoms with Crippen LogP contribution in [0.5, 0.6) is 5.88 Å². The Morgan fingerprint density at radius 3 is 2.67 bits per heavy atom. The summed E-state index contributed by atoms with van der Waals surface area (Å²) in [4.78, 5) is 19.0. The van der Waals surface area contributed by atoms with Crippen LogP contribution in [0.2, 0.25) is 0 Å². The fourth-order valence-corrected chi connectivity index (χ4v) is 2.39. The molecule has 0 radical (unpaired) electrons. The van der Waals surface area contributed by atoms with Crippen molar-refractivity contribution in [3.63, 3.8) is 0 Å². The number of ether oxygens (including phenoxy) is 2. The molecule has 0 spiro atoms. The van der Waals surface area contributed by atoms with Crippen molar-refractivity contribution in [2.45, 2.75) is 38.6 Å². The third-order valence-electron chi connectivity index (χ3n) is 3.37. The van der Waals surface area contributed by atoms with Crippen LogP contribution >= 0.6 is 0 Å². The lowest BCUT2D eigenvalue weighted by Gasteiger charge is -2.14. The number of nitrogens with zero attached hydrogens (tertiary/aromatic N) is 3. The summed E-state index contributed by atoms with van der Waals surface area (Å²) in [5.41, 5.74) is -0.205. The van der Waals surface area contributed by atoms with Gasteiger partial charge >= 0.3 is 5.69 Å². The van der Waals surface area contributed by atoms with Crippen molar-refractivity contribution in [2.75, 3.05) is 25.6 Å². The van der Waals surface area contributed by atoms with Crippen LogP contribution in [0.25, 0.3) is 0 Å². The second kappa shape index (κ2) is 7.16. The molecule has 8 nitrogen and oxygen atoms in total. The van der Waals surface area contributed by atoms with Crippen molar-refractivity contribution in [1.29, 1.82) is 0 Å². The molecule has 8 heteroatoms. The Morgan fingerprint density at radius 1 is 1.33 bits per heavy atom. The highest BCUT2D eigenvalue weighted by molar-refractivity contribution is 5.62. The van der Waals surface area contributed by atoms with Crippen molar-refractivity contribution in [2.24, 2.45) is 0 Å². The maximum Gasteiger partial charge on any atom is 0.372 e. The van der Waals surface area contributed by atoms with Gasteiger partial charge in [-0.3, -0.25) is 10.1 Å². The van der Waals surface area contributed by atoms with Crippen LogP contribution in [0, 0.1) is 17.0 Å². The predicted molar refractivity (Wildman–Crippen MR) is 76.7 cm³/mol. The molecule has 1 saturated carbocycles. The second-order valence-electron chi connectivity index (χ2n) is 5.00. The Balaban J connectivity index is 2.25. The molecular weight excluding hydrogens is 276 g/mol. The zero-order chi connectivity index (χ0) is 15.2. The lowest BCUT2D eigenvalue weighted by atomic mass is 10.2. The van der Waals surface area contributed by atoms with E-state index in [2.05, 4.69) is 15.3 Å². The van der Waals surface area contributed by atoms with E-state index in [0.29, 0.717) is 12.4 Å². The number of hydrogen-bond acceptors (Lipinski definition) is 7. The summed E-state index contributed by atoms with van der Waals surface area (Å²) in [5, 5.41) is 14.5. The third-order valence-corrected chi connectivity index (χ3v) is 3.37. The van der Waals surface area contributed by atoms with Crippen LogP contribution in [0.1, 0.15) is 31.5 Å². The molecule has 1 aliphatic carbocycles. The van der Waals surface area contributed by atoms with E-state index in [4.69, 9.17) is 9.47 Å². The van der Waals surface area contributed by atoms with Crippen LogP contribution in [-0.4, -0.2) is 41.3 Å². The maximum absolute atomic E-state index is 11.3. The highest BCUT2D eigenvalue weighted by Gasteiger charge is 2.28. The average Bonchev–Trinajstić information content (AvgIpc) is 2.91. The Kier molecular flexibility index (Phi) is 5.26. The summed E-state index contributed by atoms with van der Waals surface area (Å²) < 4.78 is 10.2. The van der Waals surface area contributed by atoms with E-state index >= 15 is 0 Å². The molecule has 1 heterocycles. The zero-order valence-electron chi connectivity index (χ0n) is 12.3. The summed E-state index contributed by atoms with van der Waals surface area (Å²) in [6.07, 6.45) is 4.26. The minimum atomic E-state index is -0.501. The largest absolute Gasteiger partial charge is 0.470 e. The van der Waals surface area contributed by atoms with E-state index in [1.165, 1.54) is 7.11 Å². The Hall–Kier alpha value is -1.96. The van der Waals surface area contributed by atoms with Crippen molar-refractivity contribution in [3.05, 3.63) is 15.9 Å². The molecule has 0 atom stereocenters. The van der Waals surface area contributed by atoms with Crippen LogP contribution < -0.4 is 10.1 Å². The number of hydrogen-bond donors (Lipinski definition) is 1. The van der Waals surface area contributed by atoms with E-state index in [0.717, 1.165) is 25.7 Å². The molecule has 1 fully saturated rings. The monoisotopic (exact) mass is 296 g/mol. The van der Waals surface area contributed by atoms with Gasteiger partial charge in [0.1, 0.15) is 12.4 Å². The second-order valence-corrected chi connectivity index (χ2v) is 5.00. The first-order valence-corrected chi connectivity index (χ1v) is 7.03. The number of rotatable bonds is 7. The first-order valence-electron chi connectivity index (χ1n) is 7.03. The zero-order valence-corrected chi connectivity index (χ0v) is 12.3. The predicted octanol–water partition coefficient (Wildman–Crippen LogP) is 2.07. The molecule has 0 aliphatic heterocycles. The molecule has 0 saturated heterocycles. The van der Waals surface area contributed by atoms with Crippen molar-refractivity contribution < 1.29 is 14.4 Å². The Labute approximate surface area is 123 Å². The molecule has 1 aromatic rings. The third kappa shape index (κ3) is 4.01. The quantitative estimate of drug-likeness (QED) is 0.467. The number of nitrogens with one attached hydrogen (secondary N) is 1. The summed E-state index contributed by atoms with van der Waals surface area (Å²) in [5.74, 6) is 0.672. The van der Waals surface area contributed by atoms with Gasteiger partial charge in [-0.05, 0) is 19.8 Å². The normalized spacial score (nSPS) is 15.1. The van der Waals surface area contributed by atoms with Crippen molar-refractivity contribution in [1.82, 2.24) is 9.97 Å². The van der Waals surface area contributed by atoms with E-state index in [1.807, 2.05) is 0 Å². The topological polar surface area (TPSA) is 99.4 Å². The Morgan fingerprint density at radius 2 is 2.05 bits per heavy atom. The minimum Gasteiger partial charge on any atom is -0.470 e. The van der Waals surface area contributed by atoms with Gasteiger partial charge in [0.05, 0.1) is 11.5 Å². The van der Waals surface area contributed by atoms with E-state index in [1.54, 1.807) is 6.92 Å². The fourth-order valence-electron chi connectivity index (χ4n) is 2.39. The molecule has 0 aromatic carbocycles. The molecule has 1 N–H and O–H groups in total. The highest BCUT2D eigenvalue weighted by atomic mass is 16.6.